The van der Waals surface area contributed by atoms with Crippen LogP contribution >= 0.6 is 23.2 Å². The lowest BCUT2D eigenvalue weighted by molar-refractivity contribution is -0.127. The molecule has 0 saturated heterocycles. The Morgan fingerprint density at radius 3 is 2.54 bits per heavy atom. The van der Waals surface area contributed by atoms with Crippen LogP contribution < -0.4 is 10.0 Å². The minimum atomic E-state index is -4.24. The monoisotopic (exact) mass is 612 g/mol. The zero-order valence-corrected chi connectivity index (χ0v) is 25.4. The van der Waals surface area contributed by atoms with E-state index >= 15 is 0 Å². The van der Waals surface area contributed by atoms with Crippen molar-refractivity contribution in [3.05, 3.63) is 93.9 Å². The number of nitrogens with one attached hydrogen (secondary N) is 3. The zero-order chi connectivity index (χ0) is 29.2. The Hall–Kier alpha value is -2.91. The van der Waals surface area contributed by atoms with Crippen LogP contribution in [0.15, 0.2) is 71.9 Å². The number of aromatic nitrogens is 2. The molecule has 1 aliphatic carbocycles. The summed E-state index contributed by atoms with van der Waals surface area (Å²) >= 11 is 12.5. The molecule has 2 aromatic heterocycles. The fourth-order valence-corrected chi connectivity index (χ4v) is 7.97. The Morgan fingerprint density at radius 1 is 1.07 bits per heavy atom. The van der Waals surface area contributed by atoms with E-state index in [1.54, 1.807) is 20.0 Å². The number of hydrogen-bond donors (Lipinski definition) is 3. The van der Waals surface area contributed by atoms with Crippen LogP contribution in [-0.4, -0.2) is 29.8 Å². The highest BCUT2D eigenvalue weighted by Crippen LogP contribution is 2.35. The molecule has 1 aliphatic rings. The van der Waals surface area contributed by atoms with Gasteiger partial charge in [-0.15, -0.1) is 0 Å². The topological polar surface area (TPSA) is 104 Å². The van der Waals surface area contributed by atoms with Crippen molar-refractivity contribution in [2.45, 2.75) is 68.8 Å². The number of amides is 1. The van der Waals surface area contributed by atoms with Gasteiger partial charge in [-0.3, -0.25) is 9.78 Å². The number of benzene rings is 2. The van der Waals surface area contributed by atoms with Crippen LogP contribution in [0, 0.1) is 12.8 Å². The van der Waals surface area contributed by atoms with Gasteiger partial charge in [0.25, 0.3) is 0 Å². The van der Waals surface area contributed by atoms with Crippen molar-refractivity contribution in [1.82, 2.24) is 20.0 Å². The molecular weight excluding hydrogens is 579 g/mol. The van der Waals surface area contributed by atoms with E-state index in [1.165, 1.54) is 18.6 Å². The number of H-pyrrole nitrogens is 1. The summed E-state index contributed by atoms with van der Waals surface area (Å²) in [5.41, 5.74) is 1.47. The molecule has 1 saturated carbocycles. The SMILES string of the molecule is Cc1cc(S(=O)(=O)NC(C)(Cc2c[nH]c3ccccc23)C(=O)NC(c2ccccn2)C2CCCCC2)c(Cl)cc1Cl. The predicted octanol–water partition coefficient (Wildman–Crippen LogP) is 6.90. The minimum absolute atomic E-state index is 0.0171. The van der Waals surface area contributed by atoms with Gasteiger partial charge in [0.2, 0.25) is 15.9 Å². The third-order valence-corrected chi connectivity index (χ3v) is 10.5. The zero-order valence-electron chi connectivity index (χ0n) is 23.1. The van der Waals surface area contributed by atoms with Crippen molar-refractivity contribution in [2.75, 3.05) is 0 Å². The number of sulfonamides is 1. The summed E-state index contributed by atoms with van der Waals surface area (Å²) in [6.07, 6.45) is 8.90. The number of hydrogen-bond acceptors (Lipinski definition) is 4. The number of fused-ring (bicyclic) bond motifs is 1. The maximum Gasteiger partial charge on any atom is 0.243 e. The molecule has 4 aromatic rings. The molecule has 5 rings (SSSR count). The fourth-order valence-electron chi connectivity index (χ4n) is 5.77. The van der Waals surface area contributed by atoms with E-state index < -0.39 is 21.5 Å². The number of carbonyl (C=O) groups is 1. The van der Waals surface area contributed by atoms with E-state index in [1.807, 2.05) is 48.7 Å². The summed E-state index contributed by atoms with van der Waals surface area (Å²) in [6, 6.07) is 15.9. The Morgan fingerprint density at radius 2 is 1.80 bits per heavy atom. The quantitative estimate of drug-likeness (QED) is 0.191. The molecule has 10 heteroatoms. The lowest BCUT2D eigenvalue weighted by Gasteiger charge is -2.35. The fraction of sp³-hybridized carbons (Fsp3) is 0.355. The van der Waals surface area contributed by atoms with Gasteiger partial charge in [-0.05, 0) is 74.1 Å². The van der Waals surface area contributed by atoms with Crippen LogP contribution in [0.4, 0.5) is 0 Å². The van der Waals surface area contributed by atoms with Gasteiger partial charge < -0.3 is 10.3 Å². The smallest absolute Gasteiger partial charge is 0.243 e. The highest BCUT2D eigenvalue weighted by Gasteiger charge is 2.41. The minimum Gasteiger partial charge on any atom is -0.361 e. The first-order valence-corrected chi connectivity index (χ1v) is 16.1. The second-order valence-corrected chi connectivity index (χ2v) is 13.6. The number of halogens is 2. The van der Waals surface area contributed by atoms with Crippen LogP contribution in [0.2, 0.25) is 10.0 Å². The van der Waals surface area contributed by atoms with Crippen molar-refractivity contribution in [1.29, 1.82) is 0 Å². The van der Waals surface area contributed by atoms with Crippen LogP contribution in [0.3, 0.4) is 0 Å². The van der Waals surface area contributed by atoms with Crippen molar-refractivity contribution < 1.29 is 13.2 Å². The summed E-state index contributed by atoms with van der Waals surface area (Å²) in [5.74, 6) is -0.237. The Kier molecular flexibility index (Phi) is 8.76. The van der Waals surface area contributed by atoms with E-state index in [-0.39, 0.29) is 28.3 Å². The molecule has 7 nitrogen and oxygen atoms in total. The molecule has 2 heterocycles. The number of aryl methyl sites for hydroxylation is 1. The second-order valence-electron chi connectivity index (χ2n) is 11.1. The van der Waals surface area contributed by atoms with E-state index in [4.69, 9.17) is 23.2 Å². The third-order valence-electron chi connectivity index (χ3n) is 8.00. The molecule has 1 amide bonds. The molecule has 2 unspecified atom stereocenters. The van der Waals surface area contributed by atoms with Gasteiger partial charge in [0.05, 0.1) is 16.8 Å². The van der Waals surface area contributed by atoms with Gasteiger partial charge in [0, 0.05) is 34.7 Å². The van der Waals surface area contributed by atoms with Crippen molar-refractivity contribution in [3.63, 3.8) is 0 Å². The molecule has 2 atom stereocenters. The lowest BCUT2D eigenvalue weighted by Crippen LogP contribution is -2.59. The van der Waals surface area contributed by atoms with Gasteiger partial charge in [0.15, 0.2) is 0 Å². The average molecular weight is 614 g/mol. The first kappa shape index (κ1) is 29.6. The van der Waals surface area contributed by atoms with Crippen molar-refractivity contribution in [2.24, 2.45) is 5.92 Å². The predicted molar refractivity (Wildman–Crippen MR) is 164 cm³/mol. The van der Waals surface area contributed by atoms with Gasteiger partial charge in [-0.2, -0.15) is 4.72 Å². The Bertz CT molecular complexity index is 1650. The summed E-state index contributed by atoms with van der Waals surface area (Å²) in [6.45, 7) is 3.33. The van der Waals surface area contributed by atoms with E-state index in [0.29, 0.717) is 10.6 Å². The van der Waals surface area contributed by atoms with Crippen LogP contribution in [-0.2, 0) is 21.2 Å². The van der Waals surface area contributed by atoms with Crippen LogP contribution in [0.1, 0.15) is 61.9 Å². The van der Waals surface area contributed by atoms with Crippen LogP contribution in [0.5, 0.6) is 0 Å². The van der Waals surface area contributed by atoms with E-state index in [9.17, 15) is 13.2 Å². The summed E-state index contributed by atoms with van der Waals surface area (Å²) < 4.78 is 30.4. The van der Waals surface area contributed by atoms with Gasteiger partial charge in [-0.1, -0.05) is 66.7 Å². The average Bonchev–Trinajstić information content (AvgIpc) is 3.36. The highest BCUT2D eigenvalue weighted by molar-refractivity contribution is 7.89. The molecule has 3 N–H and O–H groups in total. The summed E-state index contributed by atoms with van der Waals surface area (Å²) in [4.78, 5) is 22.0. The summed E-state index contributed by atoms with van der Waals surface area (Å²) in [5, 5.41) is 4.48. The molecule has 2 aromatic carbocycles. The number of para-hydroxylation sites is 1. The van der Waals surface area contributed by atoms with E-state index in [0.717, 1.165) is 47.8 Å². The number of aromatic amines is 1. The van der Waals surface area contributed by atoms with Crippen LogP contribution in [0.25, 0.3) is 10.9 Å². The van der Waals surface area contributed by atoms with Gasteiger partial charge in [0.1, 0.15) is 10.4 Å². The molecule has 0 bridgehead atoms. The van der Waals surface area contributed by atoms with E-state index in [2.05, 4.69) is 20.0 Å². The molecule has 0 aliphatic heterocycles. The normalized spacial score (nSPS) is 16.8. The van der Waals surface area contributed by atoms with Gasteiger partial charge >= 0.3 is 0 Å². The molecule has 41 heavy (non-hydrogen) atoms. The van der Waals surface area contributed by atoms with Crippen molar-refractivity contribution in [3.8, 4) is 0 Å². The Balaban J connectivity index is 1.54. The second kappa shape index (κ2) is 12.1. The standard InChI is InChI=1S/C31H34Cl2N4O3S/c1-20-16-28(25(33)17-24(20)32)41(39,40)37-31(2,18-22-19-35-26-13-7-6-12-23(22)26)30(38)36-29(21-10-4-3-5-11-21)27-14-8-9-15-34-27/h6-9,12-17,19,21,29,35,37H,3-5,10-11,18H2,1-2H3,(H,36,38). The molecule has 216 valence electrons. The third kappa shape index (κ3) is 6.46. The largest absolute Gasteiger partial charge is 0.361 e. The summed E-state index contributed by atoms with van der Waals surface area (Å²) in [7, 11) is -4.24. The molecule has 0 radical (unpaired) electrons. The van der Waals surface area contributed by atoms with Gasteiger partial charge in [-0.25, -0.2) is 8.42 Å². The maximum atomic E-state index is 14.3. The highest BCUT2D eigenvalue weighted by atomic mass is 35.5. The first-order valence-electron chi connectivity index (χ1n) is 13.8. The number of pyridine rings is 1. The Labute approximate surface area is 251 Å². The molecule has 0 spiro atoms. The number of rotatable bonds is 9. The lowest BCUT2D eigenvalue weighted by atomic mass is 9.82. The first-order chi connectivity index (χ1) is 19.6. The molecular formula is C31H34Cl2N4O3S. The molecule has 1 fully saturated rings. The number of carbonyl (C=O) groups excluding carboxylic acids is 1. The number of nitrogens with zero attached hydrogens (tertiary/aromatic N) is 1. The maximum absolute atomic E-state index is 14.3. The van der Waals surface area contributed by atoms with Crippen molar-refractivity contribution >= 4 is 50.0 Å².